The summed E-state index contributed by atoms with van der Waals surface area (Å²) in [6.45, 7) is 5.93. The number of fused-ring (bicyclic) bond motifs is 5. The Kier molecular flexibility index (Phi) is 5.38. The van der Waals surface area contributed by atoms with Gasteiger partial charge in [0, 0.05) is 16.5 Å². The highest BCUT2D eigenvalue weighted by Crippen LogP contribution is 2.46. The minimum atomic E-state index is -1.90. The Morgan fingerprint density at radius 3 is 2.62 bits per heavy atom. The molecule has 4 heterocycles. The molecule has 40 heavy (non-hydrogen) atoms. The third kappa shape index (κ3) is 3.28. The van der Waals surface area contributed by atoms with Gasteiger partial charge in [-0.05, 0) is 93.2 Å². The number of aryl methyl sites for hydroxylation is 2. The molecule has 0 unspecified atom stereocenters. The molecule has 2 aromatic heterocycles. The van der Waals surface area contributed by atoms with Gasteiger partial charge in [-0.25, -0.2) is 9.78 Å². The van der Waals surface area contributed by atoms with Crippen LogP contribution >= 0.6 is 0 Å². The fraction of sp³-hybridized carbons (Fsp3) is 0.484. The molecular weight excluding hydrogens is 510 g/mol. The molecule has 7 rings (SSSR count). The van der Waals surface area contributed by atoms with Crippen LogP contribution in [-0.4, -0.2) is 37.2 Å². The van der Waals surface area contributed by atoms with Crippen LogP contribution in [0.2, 0.25) is 0 Å². The molecular formula is C31H33N3O6. The summed E-state index contributed by atoms with van der Waals surface area (Å²) in [5, 5.41) is 26.4. The van der Waals surface area contributed by atoms with Crippen molar-refractivity contribution in [1.82, 2.24) is 14.9 Å². The number of carbonyl (C=O) groups is 2. The molecule has 9 heteroatoms. The van der Waals surface area contributed by atoms with Gasteiger partial charge in [0.15, 0.2) is 5.60 Å². The van der Waals surface area contributed by atoms with Crippen molar-refractivity contribution < 1.29 is 24.5 Å². The molecule has 3 aromatic rings. The number of hydrogen-bond donors (Lipinski definition) is 3. The molecule has 2 atom stereocenters. The minimum Gasteiger partial charge on any atom is -0.458 e. The summed E-state index contributed by atoms with van der Waals surface area (Å²) in [6, 6.07) is 3.42. The van der Waals surface area contributed by atoms with Gasteiger partial charge in [0.25, 0.3) is 11.5 Å². The van der Waals surface area contributed by atoms with Gasteiger partial charge in [0.1, 0.15) is 12.2 Å². The molecule has 208 valence electrons. The number of pyridine rings is 2. The van der Waals surface area contributed by atoms with E-state index in [9.17, 15) is 24.6 Å². The van der Waals surface area contributed by atoms with Gasteiger partial charge in [0.2, 0.25) is 0 Å². The summed E-state index contributed by atoms with van der Waals surface area (Å²) in [5.74, 6) is -1.09. The van der Waals surface area contributed by atoms with Gasteiger partial charge in [-0.3, -0.25) is 9.59 Å². The molecule has 0 radical (unpaired) electrons. The summed E-state index contributed by atoms with van der Waals surface area (Å²) in [7, 11) is 0. The maximum Gasteiger partial charge on any atom is 0.343 e. The lowest BCUT2D eigenvalue weighted by atomic mass is 9.80. The van der Waals surface area contributed by atoms with Crippen LogP contribution in [0.3, 0.4) is 0 Å². The van der Waals surface area contributed by atoms with Crippen LogP contribution in [0.1, 0.15) is 90.4 Å². The minimum absolute atomic E-state index is 0.0732. The van der Waals surface area contributed by atoms with E-state index in [0.717, 1.165) is 46.9 Å². The van der Waals surface area contributed by atoms with Gasteiger partial charge in [-0.15, -0.1) is 0 Å². The summed E-state index contributed by atoms with van der Waals surface area (Å²) >= 11 is 0. The Hall–Kier alpha value is -3.56. The maximum absolute atomic E-state index is 13.8. The molecule has 0 bridgehead atoms. The summed E-state index contributed by atoms with van der Waals surface area (Å²) in [5.41, 5.74) is 4.25. The van der Waals surface area contributed by atoms with Gasteiger partial charge < -0.3 is 24.8 Å². The SMILES string of the molecule is CC[C@@]1(O)C(=O)OCc2c1cc1n(c2=O)Cc2c-1nc1cc(C)c(C)c3c1c2[C@@H](NC(=O)C1(O)CCCC1)CC3. The lowest BCUT2D eigenvalue weighted by Gasteiger charge is -2.32. The first kappa shape index (κ1) is 25.4. The predicted molar refractivity (Wildman–Crippen MR) is 147 cm³/mol. The van der Waals surface area contributed by atoms with E-state index in [1.54, 1.807) is 17.6 Å². The number of rotatable bonds is 3. The molecule has 4 aliphatic rings. The fourth-order valence-corrected chi connectivity index (χ4v) is 7.36. The predicted octanol–water partition coefficient (Wildman–Crippen LogP) is 3.11. The largest absolute Gasteiger partial charge is 0.458 e. The topological polar surface area (TPSA) is 131 Å². The smallest absolute Gasteiger partial charge is 0.343 e. The average molecular weight is 544 g/mol. The van der Waals surface area contributed by atoms with E-state index in [4.69, 9.17) is 9.72 Å². The standard InChI is InChI=1S/C31H33N3O6/c1-4-31(39)20-12-23-26-18(13-34(23)27(35)19(20)14-40-29(31)37)25-21(33-28(36)30(38)9-5-6-10-30)8-7-17-16(3)15(2)11-22(32-26)24(17)25/h11-12,21,38-39H,4-10,13-14H2,1-3H3,(H,33,36)/t21-,31-/m0/s1. The van der Waals surface area contributed by atoms with E-state index in [1.165, 1.54) is 11.1 Å². The second kappa shape index (κ2) is 8.47. The molecule has 2 aliphatic heterocycles. The van der Waals surface area contributed by atoms with Crippen LogP contribution in [0.15, 0.2) is 16.9 Å². The number of nitrogens with zero attached hydrogens (tertiary/aromatic N) is 2. The van der Waals surface area contributed by atoms with Crippen molar-refractivity contribution in [2.24, 2.45) is 0 Å². The molecule has 1 aromatic carbocycles. The van der Waals surface area contributed by atoms with Crippen LogP contribution in [-0.2, 0) is 39.5 Å². The third-order valence-corrected chi connectivity index (χ3v) is 9.86. The number of aliphatic hydroxyl groups is 2. The van der Waals surface area contributed by atoms with Gasteiger partial charge >= 0.3 is 5.97 Å². The molecule has 3 N–H and O–H groups in total. The second-order valence-electron chi connectivity index (χ2n) is 12.0. The molecule has 1 saturated carbocycles. The molecule has 0 saturated heterocycles. The van der Waals surface area contributed by atoms with E-state index >= 15 is 0 Å². The van der Waals surface area contributed by atoms with E-state index in [2.05, 4.69) is 19.2 Å². The van der Waals surface area contributed by atoms with Gasteiger partial charge in [0.05, 0.1) is 35.1 Å². The Bertz CT molecular complexity index is 1720. The van der Waals surface area contributed by atoms with Gasteiger partial charge in [-0.2, -0.15) is 0 Å². The van der Waals surface area contributed by atoms with E-state index in [1.807, 2.05) is 6.07 Å². The first-order valence-electron chi connectivity index (χ1n) is 14.2. The van der Waals surface area contributed by atoms with Crippen molar-refractivity contribution >= 4 is 22.8 Å². The molecule has 1 fully saturated rings. The zero-order valence-corrected chi connectivity index (χ0v) is 23.0. The van der Waals surface area contributed by atoms with Crippen LogP contribution in [0.25, 0.3) is 22.3 Å². The normalized spacial score (nSPS) is 23.9. The first-order chi connectivity index (χ1) is 19.1. The number of hydrogen-bond acceptors (Lipinski definition) is 7. The van der Waals surface area contributed by atoms with Crippen LogP contribution in [0.4, 0.5) is 0 Å². The number of esters is 1. The van der Waals surface area contributed by atoms with Crippen LogP contribution in [0.5, 0.6) is 0 Å². The molecule has 0 spiro atoms. The molecule has 9 nitrogen and oxygen atoms in total. The Labute approximate surface area is 231 Å². The lowest BCUT2D eigenvalue weighted by Crippen LogP contribution is -2.46. The van der Waals surface area contributed by atoms with Crippen molar-refractivity contribution in [3.63, 3.8) is 0 Å². The quantitative estimate of drug-likeness (QED) is 0.339. The number of benzene rings is 1. The monoisotopic (exact) mass is 543 g/mol. The van der Waals surface area contributed by atoms with Gasteiger partial charge in [-0.1, -0.05) is 6.92 Å². The van der Waals surface area contributed by atoms with E-state index in [-0.39, 0.29) is 48.2 Å². The Morgan fingerprint density at radius 2 is 1.90 bits per heavy atom. The third-order valence-electron chi connectivity index (χ3n) is 9.86. The van der Waals surface area contributed by atoms with E-state index < -0.39 is 17.2 Å². The Morgan fingerprint density at radius 1 is 1.15 bits per heavy atom. The fourth-order valence-electron chi connectivity index (χ4n) is 7.36. The summed E-state index contributed by atoms with van der Waals surface area (Å²) in [4.78, 5) is 44.8. The number of nitrogens with one attached hydrogen (secondary N) is 1. The van der Waals surface area contributed by atoms with Crippen molar-refractivity contribution in [1.29, 1.82) is 0 Å². The van der Waals surface area contributed by atoms with Crippen molar-refractivity contribution in [2.75, 3.05) is 0 Å². The lowest BCUT2D eigenvalue weighted by molar-refractivity contribution is -0.172. The number of amides is 1. The number of ether oxygens (including phenoxy) is 1. The highest BCUT2D eigenvalue weighted by atomic mass is 16.6. The Balaban J connectivity index is 1.46. The number of carbonyl (C=O) groups excluding carboxylic acids is 2. The first-order valence-corrected chi connectivity index (χ1v) is 14.2. The van der Waals surface area contributed by atoms with Crippen molar-refractivity contribution in [3.05, 3.63) is 61.4 Å². The average Bonchev–Trinajstić information content (AvgIpc) is 3.55. The highest BCUT2D eigenvalue weighted by Gasteiger charge is 2.46. The zero-order valence-electron chi connectivity index (χ0n) is 23.0. The summed E-state index contributed by atoms with van der Waals surface area (Å²) < 4.78 is 6.86. The second-order valence-corrected chi connectivity index (χ2v) is 12.0. The number of aromatic nitrogens is 2. The number of cyclic esters (lactones) is 1. The van der Waals surface area contributed by atoms with Crippen molar-refractivity contribution in [2.45, 2.75) is 96.1 Å². The molecule has 2 aliphatic carbocycles. The highest BCUT2D eigenvalue weighted by molar-refractivity contribution is 5.95. The van der Waals surface area contributed by atoms with Crippen LogP contribution in [0, 0.1) is 13.8 Å². The molecule has 1 amide bonds. The van der Waals surface area contributed by atoms with Crippen LogP contribution < -0.4 is 10.9 Å². The van der Waals surface area contributed by atoms with Crippen molar-refractivity contribution in [3.8, 4) is 11.4 Å². The van der Waals surface area contributed by atoms with E-state index in [0.29, 0.717) is 30.7 Å². The summed E-state index contributed by atoms with van der Waals surface area (Å²) in [6.07, 6.45) is 4.07. The zero-order chi connectivity index (χ0) is 28.1. The maximum atomic E-state index is 13.8.